The first-order valence-corrected chi connectivity index (χ1v) is 7.01. The molecular weight excluding hydrogens is 312 g/mol. The van der Waals surface area contributed by atoms with Gasteiger partial charge in [0.25, 0.3) is 0 Å². The average Bonchev–Trinajstić information content (AvgIpc) is 2.48. The third kappa shape index (κ3) is 3.09. The van der Waals surface area contributed by atoms with Crippen LogP contribution in [0.2, 0.25) is 10.2 Å². The molecule has 106 valence electrons. The number of rotatable bonds is 3. The van der Waals surface area contributed by atoms with Gasteiger partial charge in [-0.3, -0.25) is 0 Å². The zero-order valence-corrected chi connectivity index (χ0v) is 12.3. The van der Waals surface area contributed by atoms with Crippen LogP contribution in [-0.2, 0) is 6.61 Å². The van der Waals surface area contributed by atoms with Crippen LogP contribution >= 0.6 is 23.2 Å². The van der Waals surface area contributed by atoms with Gasteiger partial charge >= 0.3 is 0 Å². The summed E-state index contributed by atoms with van der Waals surface area (Å²) in [5, 5.41) is 1.42. The molecule has 5 heteroatoms. The standard InChI is InChI=1S/C16H10Cl2FNO/c17-13-6-5-12(8-14(13)19)21-9-11-7-10-3-1-2-4-15(10)20-16(11)18/h1-8H,9H2. The molecule has 0 radical (unpaired) electrons. The number of halogens is 3. The molecule has 2 aromatic carbocycles. The monoisotopic (exact) mass is 321 g/mol. The van der Waals surface area contributed by atoms with Gasteiger partial charge in [0.15, 0.2) is 0 Å². The van der Waals surface area contributed by atoms with Crippen molar-refractivity contribution < 1.29 is 9.13 Å². The van der Waals surface area contributed by atoms with Gasteiger partial charge in [-0.15, -0.1) is 0 Å². The number of para-hydroxylation sites is 1. The van der Waals surface area contributed by atoms with Crippen LogP contribution in [0, 0.1) is 5.82 Å². The number of benzene rings is 2. The van der Waals surface area contributed by atoms with E-state index in [1.54, 1.807) is 6.07 Å². The largest absolute Gasteiger partial charge is 0.489 e. The van der Waals surface area contributed by atoms with E-state index in [0.29, 0.717) is 10.9 Å². The number of pyridine rings is 1. The lowest BCUT2D eigenvalue weighted by Gasteiger charge is -2.09. The lowest BCUT2D eigenvalue weighted by atomic mass is 10.2. The molecule has 21 heavy (non-hydrogen) atoms. The van der Waals surface area contributed by atoms with Gasteiger partial charge < -0.3 is 4.74 Å². The number of ether oxygens (including phenoxy) is 1. The number of fused-ring (bicyclic) bond motifs is 1. The van der Waals surface area contributed by atoms with E-state index in [1.807, 2.05) is 30.3 Å². The maximum atomic E-state index is 13.3. The molecule has 0 amide bonds. The fourth-order valence-corrected chi connectivity index (χ4v) is 2.28. The predicted octanol–water partition coefficient (Wildman–Crippen LogP) is 5.26. The van der Waals surface area contributed by atoms with Gasteiger partial charge in [0.2, 0.25) is 0 Å². The lowest BCUT2D eigenvalue weighted by molar-refractivity contribution is 0.304. The smallest absolute Gasteiger partial charge is 0.145 e. The molecule has 0 spiro atoms. The lowest BCUT2D eigenvalue weighted by Crippen LogP contribution is -1.98. The van der Waals surface area contributed by atoms with Crippen molar-refractivity contribution in [3.8, 4) is 5.75 Å². The van der Waals surface area contributed by atoms with Crippen LogP contribution in [0.25, 0.3) is 10.9 Å². The van der Waals surface area contributed by atoms with Gasteiger partial charge in [-0.1, -0.05) is 41.4 Å². The average molecular weight is 322 g/mol. The Bertz CT molecular complexity index is 807. The van der Waals surface area contributed by atoms with Gasteiger partial charge in [0.1, 0.15) is 23.3 Å². The summed E-state index contributed by atoms with van der Waals surface area (Å²) < 4.78 is 18.9. The van der Waals surface area contributed by atoms with E-state index in [2.05, 4.69) is 4.98 Å². The van der Waals surface area contributed by atoms with Crippen LogP contribution in [-0.4, -0.2) is 4.98 Å². The van der Waals surface area contributed by atoms with Crippen molar-refractivity contribution in [2.24, 2.45) is 0 Å². The van der Waals surface area contributed by atoms with E-state index >= 15 is 0 Å². The van der Waals surface area contributed by atoms with E-state index in [1.165, 1.54) is 12.1 Å². The Morgan fingerprint density at radius 1 is 1.05 bits per heavy atom. The molecule has 0 saturated carbocycles. The maximum absolute atomic E-state index is 13.3. The minimum atomic E-state index is -0.517. The van der Waals surface area contributed by atoms with Crippen molar-refractivity contribution in [1.29, 1.82) is 0 Å². The molecule has 0 bridgehead atoms. The Hall–Kier alpha value is -1.84. The third-order valence-electron chi connectivity index (χ3n) is 3.04. The molecule has 0 saturated heterocycles. The van der Waals surface area contributed by atoms with Gasteiger partial charge in [0.05, 0.1) is 10.5 Å². The van der Waals surface area contributed by atoms with Gasteiger partial charge in [0, 0.05) is 17.0 Å². The minimum absolute atomic E-state index is 0.0627. The summed E-state index contributed by atoms with van der Waals surface area (Å²) in [5.41, 5.74) is 1.56. The summed E-state index contributed by atoms with van der Waals surface area (Å²) >= 11 is 11.8. The number of hydrogen-bond donors (Lipinski definition) is 0. The Balaban J connectivity index is 1.84. The van der Waals surface area contributed by atoms with E-state index in [9.17, 15) is 4.39 Å². The Kier molecular flexibility index (Phi) is 3.95. The van der Waals surface area contributed by atoms with Crippen molar-refractivity contribution in [1.82, 2.24) is 4.98 Å². The topological polar surface area (TPSA) is 22.1 Å². The van der Waals surface area contributed by atoms with Crippen molar-refractivity contribution in [3.05, 3.63) is 70.1 Å². The SMILES string of the molecule is Fc1cc(OCc2cc3ccccc3nc2Cl)ccc1Cl. The van der Waals surface area contributed by atoms with Crippen LogP contribution in [0.1, 0.15) is 5.56 Å². The van der Waals surface area contributed by atoms with E-state index in [0.717, 1.165) is 16.5 Å². The van der Waals surface area contributed by atoms with Crippen LogP contribution in [0.5, 0.6) is 5.75 Å². The van der Waals surface area contributed by atoms with Gasteiger partial charge in [-0.25, -0.2) is 9.37 Å². The zero-order valence-electron chi connectivity index (χ0n) is 10.8. The highest BCUT2D eigenvalue weighted by molar-refractivity contribution is 6.31. The van der Waals surface area contributed by atoms with Crippen molar-refractivity contribution in [3.63, 3.8) is 0 Å². The summed E-state index contributed by atoms with van der Waals surface area (Å²) in [6, 6.07) is 13.9. The highest BCUT2D eigenvalue weighted by Crippen LogP contribution is 2.24. The van der Waals surface area contributed by atoms with Crippen molar-refractivity contribution >= 4 is 34.1 Å². The first-order chi connectivity index (χ1) is 10.1. The third-order valence-corrected chi connectivity index (χ3v) is 3.67. The molecule has 0 aliphatic rings. The molecule has 2 nitrogen and oxygen atoms in total. The molecule has 3 aromatic rings. The molecule has 1 heterocycles. The van der Waals surface area contributed by atoms with Crippen LogP contribution in [0.15, 0.2) is 48.5 Å². The fraction of sp³-hybridized carbons (Fsp3) is 0.0625. The van der Waals surface area contributed by atoms with Crippen molar-refractivity contribution in [2.45, 2.75) is 6.61 Å². The second-order valence-electron chi connectivity index (χ2n) is 4.50. The van der Waals surface area contributed by atoms with Gasteiger partial charge in [-0.05, 0) is 24.3 Å². The second kappa shape index (κ2) is 5.88. The molecule has 3 rings (SSSR count). The maximum Gasteiger partial charge on any atom is 0.145 e. The fourth-order valence-electron chi connectivity index (χ4n) is 1.97. The Morgan fingerprint density at radius 2 is 1.86 bits per heavy atom. The summed E-state index contributed by atoms with van der Waals surface area (Å²) in [6.45, 7) is 0.206. The summed E-state index contributed by atoms with van der Waals surface area (Å²) in [4.78, 5) is 4.31. The molecule has 1 aromatic heterocycles. The van der Waals surface area contributed by atoms with E-state index < -0.39 is 5.82 Å². The summed E-state index contributed by atoms with van der Waals surface area (Å²) in [5.74, 6) is -0.127. The van der Waals surface area contributed by atoms with E-state index in [4.69, 9.17) is 27.9 Å². The number of nitrogens with zero attached hydrogens (tertiary/aromatic N) is 1. The first kappa shape index (κ1) is 14.1. The minimum Gasteiger partial charge on any atom is -0.489 e. The highest BCUT2D eigenvalue weighted by atomic mass is 35.5. The Labute approximate surface area is 131 Å². The molecule has 0 unspecified atom stereocenters. The van der Waals surface area contributed by atoms with Crippen molar-refractivity contribution in [2.75, 3.05) is 0 Å². The molecule has 0 aliphatic heterocycles. The molecular formula is C16H10Cl2FNO. The predicted molar refractivity (Wildman–Crippen MR) is 82.5 cm³/mol. The quantitative estimate of drug-likeness (QED) is 0.614. The Morgan fingerprint density at radius 3 is 2.67 bits per heavy atom. The summed E-state index contributed by atoms with van der Waals surface area (Å²) in [7, 11) is 0. The zero-order chi connectivity index (χ0) is 14.8. The van der Waals surface area contributed by atoms with Crippen LogP contribution in [0.4, 0.5) is 4.39 Å². The van der Waals surface area contributed by atoms with Crippen LogP contribution in [0.3, 0.4) is 0 Å². The number of hydrogen-bond acceptors (Lipinski definition) is 2. The summed E-state index contributed by atoms with van der Waals surface area (Å²) in [6.07, 6.45) is 0. The highest BCUT2D eigenvalue weighted by Gasteiger charge is 2.07. The first-order valence-electron chi connectivity index (χ1n) is 6.25. The molecule has 0 fully saturated rings. The molecule has 0 N–H and O–H groups in total. The molecule has 0 atom stereocenters. The second-order valence-corrected chi connectivity index (χ2v) is 5.26. The van der Waals surface area contributed by atoms with Gasteiger partial charge in [-0.2, -0.15) is 0 Å². The number of aromatic nitrogens is 1. The van der Waals surface area contributed by atoms with E-state index in [-0.39, 0.29) is 11.6 Å². The van der Waals surface area contributed by atoms with Crippen LogP contribution < -0.4 is 4.74 Å². The normalized spacial score (nSPS) is 10.8. The molecule has 0 aliphatic carbocycles.